The molecule has 3 heteroatoms. The molecule has 0 aromatic carbocycles. The highest BCUT2D eigenvalue weighted by Gasteiger charge is 2.32. The van der Waals surface area contributed by atoms with E-state index >= 15 is 0 Å². The van der Waals surface area contributed by atoms with Crippen molar-refractivity contribution in [3.05, 3.63) is 30.1 Å². The van der Waals surface area contributed by atoms with E-state index < -0.39 is 0 Å². The second kappa shape index (κ2) is 7.53. The Bertz CT molecular complexity index is 397. The molecular weight excluding hydrogens is 248 g/mol. The Balaban J connectivity index is 2.01. The van der Waals surface area contributed by atoms with Gasteiger partial charge in [0.1, 0.15) is 6.29 Å². The first-order valence-corrected chi connectivity index (χ1v) is 7.85. The maximum atomic E-state index is 11.7. The molecule has 1 fully saturated rings. The summed E-state index contributed by atoms with van der Waals surface area (Å²) in [6.07, 6.45) is 12.0. The van der Waals surface area contributed by atoms with Gasteiger partial charge >= 0.3 is 0 Å². The fourth-order valence-corrected chi connectivity index (χ4v) is 3.22. The predicted octanol–water partition coefficient (Wildman–Crippen LogP) is 3.44. The molecule has 0 spiro atoms. The molecule has 3 nitrogen and oxygen atoms in total. The molecule has 0 amide bonds. The van der Waals surface area contributed by atoms with E-state index in [9.17, 15) is 4.79 Å². The highest BCUT2D eigenvalue weighted by atomic mass is 16.1. The molecule has 0 radical (unpaired) electrons. The summed E-state index contributed by atoms with van der Waals surface area (Å²) in [6, 6.07) is 4.12. The van der Waals surface area contributed by atoms with Crippen molar-refractivity contribution >= 4 is 6.29 Å². The van der Waals surface area contributed by atoms with Crippen LogP contribution >= 0.6 is 0 Å². The Hall–Kier alpha value is -1.22. The van der Waals surface area contributed by atoms with Gasteiger partial charge in [0.15, 0.2) is 0 Å². The Kier molecular flexibility index (Phi) is 5.72. The minimum atomic E-state index is -0.112. The van der Waals surface area contributed by atoms with Gasteiger partial charge in [-0.2, -0.15) is 0 Å². The van der Waals surface area contributed by atoms with Crippen LogP contribution in [-0.2, 0) is 11.3 Å². The number of aromatic nitrogens is 1. The zero-order chi connectivity index (χ0) is 14.3. The molecule has 1 saturated carbocycles. The predicted molar refractivity (Wildman–Crippen MR) is 81.4 cm³/mol. The van der Waals surface area contributed by atoms with Crippen LogP contribution < -0.4 is 0 Å². The molecule has 0 N–H and O–H groups in total. The second-order valence-electron chi connectivity index (χ2n) is 6.05. The largest absolute Gasteiger partial charge is 0.303 e. The number of rotatable bonds is 6. The van der Waals surface area contributed by atoms with Crippen molar-refractivity contribution in [3.63, 3.8) is 0 Å². The van der Waals surface area contributed by atoms with Crippen molar-refractivity contribution in [1.82, 2.24) is 9.88 Å². The molecule has 2 rings (SSSR count). The summed E-state index contributed by atoms with van der Waals surface area (Å²) in [6.45, 7) is 4.97. The van der Waals surface area contributed by atoms with Crippen LogP contribution in [0.25, 0.3) is 0 Å². The molecule has 1 aromatic rings. The van der Waals surface area contributed by atoms with Gasteiger partial charge in [0.05, 0.1) is 0 Å². The number of nitrogens with zero attached hydrogens (tertiary/aromatic N) is 2. The van der Waals surface area contributed by atoms with Crippen molar-refractivity contribution in [2.24, 2.45) is 5.41 Å². The lowest BCUT2D eigenvalue weighted by Crippen LogP contribution is -2.38. The van der Waals surface area contributed by atoms with Gasteiger partial charge in [-0.05, 0) is 37.1 Å². The van der Waals surface area contributed by atoms with Gasteiger partial charge in [-0.1, -0.05) is 32.6 Å². The first kappa shape index (κ1) is 15.2. The van der Waals surface area contributed by atoms with Crippen LogP contribution in [0.4, 0.5) is 0 Å². The van der Waals surface area contributed by atoms with Crippen LogP contribution in [0.15, 0.2) is 24.5 Å². The lowest BCUT2D eigenvalue weighted by Gasteiger charge is -2.33. The summed E-state index contributed by atoms with van der Waals surface area (Å²) >= 11 is 0. The topological polar surface area (TPSA) is 33.2 Å². The van der Waals surface area contributed by atoms with E-state index in [2.05, 4.69) is 28.9 Å². The monoisotopic (exact) mass is 274 g/mol. The summed E-state index contributed by atoms with van der Waals surface area (Å²) in [5.74, 6) is 0. The molecule has 0 saturated heterocycles. The third-order valence-corrected chi connectivity index (χ3v) is 4.49. The highest BCUT2D eigenvalue weighted by Crippen LogP contribution is 2.34. The van der Waals surface area contributed by atoms with Gasteiger partial charge in [-0.3, -0.25) is 9.88 Å². The summed E-state index contributed by atoms with van der Waals surface area (Å²) in [4.78, 5) is 18.2. The molecular formula is C17H26N2O. The SMILES string of the molecule is CCN(Cc1ccncc1)CC1(C=O)CCCCCC1. The van der Waals surface area contributed by atoms with E-state index in [-0.39, 0.29) is 5.41 Å². The molecule has 0 bridgehead atoms. The first-order valence-electron chi connectivity index (χ1n) is 7.85. The fraction of sp³-hybridized carbons (Fsp3) is 0.647. The molecule has 20 heavy (non-hydrogen) atoms. The standard InChI is InChI=1S/C17H26N2O/c1-2-19(13-16-7-11-18-12-8-16)14-17(15-20)9-5-3-4-6-10-17/h7-8,11-12,15H,2-6,9-10,13-14H2,1H3. The lowest BCUT2D eigenvalue weighted by molar-refractivity contribution is -0.118. The third-order valence-electron chi connectivity index (χ3n) is 4.49. The van der Waals surface area contributed by atoms with Crippen molar-refractivity contribution in [1.29, 1.82) is 0 Å². The number of aldehydes is 1. The van der Waals surface area contributed by atoms with E-state index in [1.54, 1.807) is 0 Å². The fourth-order valence-electron chi connectivity index (χ4n) is 3.22. The Morgan fingerprint density at radius 1 is 1.20 bits per heavy atom. The lowest BCUT2D eigenvalue weighted by atomic mass is 9.81. The Morgan fingerprint density at radius 2 is 1.85 bits per heavy atom. The van der Waals surface area contributed by atoms with Crippen LogP contribution in [-0.4, -0.2) is 29.3 Å². The maximum Gasteiger partial charge on any atom is 0.127 e. The van der Waals surface area contributed by atoms with Gasteiger partial charge in [0, 0.05) is 30.9 Å². The normalized spacial score (nSPS) is 18.7. The molecule has 1 heterocycles. The minimum absolute atomic E-state index is 0.112. The minimum Gasteiger partial charge on any atom is -0.303 e. The third kappa shape index (κ3) is 4.14. The zero-order valence-corrected chi connectivity index (χ0v) is 12.6. The maximum absolute atomic E-state index is 11.7. The van der Waals surface area contributed by atoms with Crippen molar-refractivity contribution < 1.29 is 4.79 Å². The highest BCUT2D eigenvalue weighted by molar-refractivity contribution is 5.59. The molecule has 0 aliphatic heterocycles. The van der Waals surface area contributed by atoms with Gasteiger partial charge in [-0.25, -0.2) is 0 Å². The number of carbonyl (C=O) groups excluding carboxylic acids is 1. The quantitative estimate of drug-likeness (QED) is 0.588. The molecule has 110 valence electrons. The van der Waals surface area contributed by atoms with E-state index in [0.29, 0.717) is 0 Å². The number of carbonyl (C=O) groups is 1. The van der Waals surface area contributed by atoms with Crippen LogP contribution in [0.5, 0.6) is 0 Å². The summed E-state index contributed by atoms with van der Waals surface area (Å²) in [5.41, 5.74) is 1.16. The second-order valence-corrected chi connectivity index (χ2v) is 6.05. The Labute approximate surface area is 122 Å². The van der Waals surface area contributed by atoms with E-state index in [4.69, 9.17) is 0 Å². The van der Waals surface area contributed by atoms with Gasteiger partial charge < -0.3 is 4.79 Å². The van der Waals surface area contributed by atoms with E-state index in [0.717, 1.165) is 32.5 Å². The van der Waals surface area contributed by atoms with Crippen LogP contribution in [0.2, 0.25) is 0 Å². The zero-order valence-electron chi connectivity index (χ0n) is 12.6. The van der Waals surface area contributed by atoms with Crippen LogP contribution in [0, 0.1) is 5.41 Å². The average molecular weight is 274 g/mol. The van der Waals surface area contributed by atoms with E-state index in [1.165, 1.54) is 37.5 Å². The molecule has 0 unspecified atom stereocenters. The van der Waals surface area contributed by atoms with Crippen LogP contribution in [0.3, 0.4) is 0 Å². The summed E-state index contributed by atoms with van der Waals surface area (Å²) in [5, 5.41) is 0. The summed E-state index contributed by atoms with van der Waals surface area (Å²) in [7, 11) is 0. The average Bonchev–Trinajstić information content (AvgIpc) is 2.74. The van der Waals surface area contributed by atoms with Crippen molar-refractivity contribution in [2.45, 2.75) is 52.0 Å². The molecule has 1 aliphatic rings. The number of hydrogen-bond acceptors (Lipinski definition) is 3. The van der Waals surface area contributed by atoms with Crippen molar-refractivity contribution in [2.75, 3.05) is 13.1 Å². The number of hydrogen-bond donors (Lipinski definition) is 0. The first-order chi connectivity index (χ1) is 9.78. The smallest absolute Gasteiger partial charge is 0.127 e. The summed E-state index contributed by atoms with van der Waals surface area (Å²) < 4.78 is 0. The molecule has 1 aromatic heterocycles. The van der Waals surface area contributed by atoms with Gasteiger partial charge in [0.25, 0.3) is 0 Å². The molecule has 1 aliphatic carbocycles. The Morgan fingerprint density at radius 3 is 2.40 bits per heavy atom. The number of pyridine rings is 1. The van der Waals surface area contributed by atoms with Gasteiger partial charge in [-0.15, -0.1) is 0 Å². The van der Waals surface area contributed by atoms with Crippen molar-refractivity contribution in [3.8, 4) is 0 Å². The van der Waals surface area contributed by atoms with E-state index in [1.807, 2.05) is 12.4 Å². The molecule has 0 atom stereocenters. The van der Waals surface area contributed by atoms with Gasteiger partial charge in [0.2, 0.25) is 0 Å². The van der Waals surface area contributed by atoms with Crippen LogP contribution in [0.1, 0.15) is 51.0 Å².